The van der Waals surface area contributed by atoms with Gasteiger partial charge in [-0.3, -0.25) is 4.74 Å². The Balaban J connectivity index is 4.03. The number of benzene rings is 1. The summed E-state index contributed by atoms with van der Waals surface area (Å²) in [7, 11) is 0. The molecule has 0 bridgehead atoms. The summed E-state index contributed by atoms with van der Waals surface area (Å²) >= 11 is 6.00. The molecule has 0 aliphatic heterocycles. The largest absolute Gasteiger partial charge is 0.252 e. The molecule has 0 heterocycles. The summed E-state index contributed by atoms with van der Waals surface area (Å²) in [5.41, 5.74) is 4.23. The van der Waals surface area contributed by atoms with Gasteiger partial charge in [0.1, 0.15) is 0 Å². The van der Waals surface area contributed by atoms with E-state index >= 15 is 0 Å². The van der Waals surface area contributed by atoms with Gasteiger partial charge in [-0.05, 0) is 65.5 Å². The highest BCUT2D eigenvalue weighted by molar-refractivity contribution is 8.03. The first-order valence-electron chi connectivity index (χ1n) is 9.23. The highest BCUT2D eigenvalue weighted by atomic mass is 32.4. The monoisotopic (exact) mass is 379 g/mol. The van der Waals surface area contributed by atoms with Crippen LogP contribution in [0.1, 0.15) is 99.8 Å². The zero-order valence-electron chi connectivity index (χ0n) is 18.5. The Morgan fingerprint density at radius 3 is 1.28 bits per heavy atom. The first-order chi connectivity index (χ1) is 10.8. The Labute approximate surface area is 162 Å². The van der Waals surface area contributed by atoms with Gasteiger partial charge in [0.05, 0.1) is 12.0 Å². The number of rotatable bonds is 1. The van der Waals surface area contributed by atoms with Gasteiger partial charge in [0.2, 0.25) is 0 Å². The van der Waals surface area contributed by atoms with Gasteiger partial charge < -0.3 is 0 Å². The summed E-state index contributed by atoms with van der Waals surface area (Å²) in [5.74, 6) is 0. The van der Waals surface area contributed by atoms with Crippen molar-refractivity contribution in [2.45, 2.75) is 105 Å². The molecule has 0 saturated heterocycles. The van der Waals surface area contributed by atoms with E-state index in [1.165, 1.54) is 22.0 Å². The van der Waals surface area contributed by atoms with Crippen LogP contribution in [0.2, 0.25) is 0 Å². The van der Waals surface area contributed by atoms with Crippen LogP contribution in [0, 0.1) is 0 Å². The highest BCUT2D eigenvalue weighted by Crippen LogP contribution is 2.37. The maximum atomic E-state index is 6.00. The molecule has 0 radical (unpaired) electrons. The second-order valence-corrected chi connectivity index (χ2v) is 13.4. The van der Waals surface area contributed by atoms with Crippen molar-refractivity contribution < 1.29 is 0 Å². The lowest BCUT2D eigenvalue weighted by atomic mass is 9.75. The Morgan fingerprint density at radius 2 is 1.04 bits per heavy atom. The van der Waals surface area contributed by atoms with Crippen LogP contribution < -0.4 is 5.30 Å². The molecule has 1 rings (SSSR count). The second kappa shape index (κ2) is 6.93. The molecule has 1 aromatic rings. The Morgan fingerprint density at radius 1 is 0.680 bits per heavy atom. The molecule has 0 aliphatic rings. The van der Waals surface area contributed by atoms with Crippen molar-refractivity contribution in [3.8, 4) is 0 Å². The normalized spacial score (nSPS) is 14.8. The summed E-state index contributed by atoms with van der Waals surface area (Å²) in [6.45, 7) is 26.1. The van der Waals surface area contributed by atoms with E-state index in [-0.39, 0.29) is 21.8 Å². The molecular weight excluding hydrogens is 341 g/mol. The van der Waals surface area contributed by atoms with E-state index in [0.29, 0.717) is 0 Å². The van der Waals surface area contributed by atoms with Crippen molar-refractivity contribution in [2.24, 2.45) is 4.74 Å². The van der Waals surface area contributed by atoms with Gasteiger partial charge in [0, 0.05) is 5.30 Å². The Bertz CT molecular complexity index is 675. The number of hydrogen-bond donors (Lipinski definition) is 0. The molecule has 0 spiro atoms. The topological polar surface area (TPSA) is 12.4 Å². The first kappa shape index (κ1) is 22.6. The lowest BCUT2D eigenvalue weighted by Crippen LogP contribution is -2.30. The molecule has 25 heavy (non-hydrogen) atoms. The van der Waals surface area contributed by atoms with Crippen LogP contribution in [-0.4, -0.2) is 5.54 Å². The van der Waals surface area contributed by atoms with Crippen LogP contribution in [0.25, 0.3) is 0 Å². The molecule has 1 nitrogen and oxygen atoms in total. The van der Waals surface area contributed by atoms with Crippen molar-refractivity contribution in [1.82, 2.24) is 0 Å². The SMILES string of the molecule is CC(C)(C)N=P(=S)c1c(C(C)(C)C)cc(C(C)(C)C)cc1C(C)(C)C. The molecule has 1 unspecified atom stereocenters. The van der Waals surface area contributed by atoms with Crippen molar-refractivity contribution in [3.63, 3.8) is 0 Å². The zero-order valence-corrected chi connectivity index (χ0v) is 20.2. The van der Waals surface area contributed by atoms with Crippen LogP contribution in [0.15, 0.2) is 16.9 Å². The molecule has 0 fully saturated rings. The number of hydrogen-bond acceptors (Lipinski definition) is 2. The van der Waals surface area contributed by atoms with Gasteiger partial charge in [-0.15, -0.1) is 0 Å². The van der Waals surface area contributed by atoms with Gasteiger partial charge in [-0.25, -0.2) is 0 Å². The maximum absolute atomic E-state index is 6.00. The molecule has 142 valence electrons. The predicted molar refractivity (Wildman–Crippen MR) is 119 cm³/mol. The van der Waals surface area contributed by atoms with E-state index in [9.17, 15) is 0 Å². The molecule has 0 saturated carbocycles. The zero-order chi connectivity index (χ0) is 20.0. The van der Waals surface area contributed by atoms with E-state index in [1.54, 1.807) is 0 Å². The van der Waals surface area contributed by atoms with Crippen LogP contribution in [-0.2, 0) is 28.1 Å². The quantitative estimate of drug-likeness (QED) is 0.473. The predicted octanol–water partition coefficient (Wildman–Crippen LogP) is 7.13. The van der Waals surface area contributed by atoms with Gasteiger partial charge in [0.15, 0.2) is 0 Å². The van der Waals surface area contributed by atoms with Crippen molar-refractivity contribution in [3.05, 3.63) is 28.8 Å². The first-order valence-corrected chi connectivity index (χ1v) is 11.5. The molecule has 1 atom stereocenters. The summed E-state index contributed by atoms with van der Waals surface area (Å²) < 4.78 is 5.00. The maximum Gasteiger partial charge on any atom is 0.0653 e. The van der Waals surface area contributed by atoms with Crippen LogP contribution in [0.5, 0.6) is 0 Å². The minimum Gasteiger partial charge on any atom is -0.252 e. The summed E-state index contributed by atoms with van der Waals surface area (Å²) in [4.78, 5) is 0. The number of nitrogens with zero attached hydrogens (tertiary/aromatic N) is 1. The standard InChI is InChI=1S/C22H38NPS/c1-19(2,3)15-13-16(20(4,5)6)18(17(14-15)21(7,8)9)24(25)23-22(10,11)12/h13-14H,1-12H3. The van der Waals surface area contributed by atoms with E-state index in [0.717, 1.165) is 0 Å². The lowest BCUT2D eigenvalue weighted by molar-refractivity contribution is 0.553. The average molecular weight is 380 g/mol. The molecule has 0 N–H and O–H groups in total. The smallest absolute Gasteiger partial charge is 0.0653 e. The lowest BCUT2D eigenvalue weighted by Gasteiger charge is -2.32. The fourth-order valence-corrected chi connectivity index (χ4v) is 5.92. The molecule has 3 heteroatoms. The Hall–Kier alpha value is -0.460. The van der Waals surface area contributed by atoms with Crippen molar-refractivity contribution in [2.75, 3.05) is 0 Å². The molecule has 1 aromatic carbocycles. The van der Waals surface area contributed by atoms with E-state index in [1.807, 2.05) is 0 Å². The third-order valence-electron chi connectivity index (χ3n) is 4.17. The minimum absolute atomic E-state index is 0.0450. The van der Waals surface area contributed by atoms with E-state index in [4.69, 9.17) is 16.6 Å². The fourth-order valence-electron chi connectivity index (χ4n) is 2.74. The fraction of sp³-hybridized carbons (Fsp3) is 0.727. The Kier molecular flexibility index (Phi) is 6.26. The third-order valence-corrected chi connectivity index (χ3v) is 6.61. The van der Waals surface area contributed by atoms with Gasteiger partial charge in [-0.2, -0.15) is 0 Å². The van der Waals surface area contributed by atoms with E-state index in [2.05, 4.69) is 95.2 Å². The minimum atomic E-state index is -0.974. The molecule has 0 amide bonds. The summed E-state index contributed by atoms with van der Waals surface area (Å²) in [6.07, 6.45) is 0. The van der Waals surface area contributed by atoms with Crippen molar-refractivity contribution in [1.29, 1.82) is 0 Å². The molecular formula is C22H38NPS. The van der Waals surface area contributed by atoms with Crippen molar-refractivity contribution >= 4 is 23.6 Å². The average Bonchev–Trinajstić information content (AvgIpc) is 2.31. The summed E-state index contributed by atoms with van der Waals surface area (Å²) in [5, 5.41) is 1.31. The summed E-state index contributed by atoms with van der Waals surface area (Å²) in [6, 6.07) is 4.79. The van der Waals surface area contributed by atoms with Crippen LogP contribution >= 0.6 is 6.49 Å². The second-order valence-electron chi connectivity index (χ2n) is 11.2. The van der Waals surface area contributed by atoms with Gasteiger partial charge >= 0.3 is 0 Å². The van der Waals surface area contributed by atoms with Gasteiger partial charge in [-0.1, -0.05) is 74.4 Å². The third kappa shape index (κ3) is 6.04. The highest BCUT2D eigenvalue weighted by Gasteiger charge is 2.29. The molecule has 0 aromatic heterocycles. The van der Waals surface area contributed by atoms with Crippen LogP contribution in [0.4, 0.5) is 0 Å². The van der Waals surface area contributed by atoms with Crippen LogP contribution in [0.3, 0.4) is 0 Å². The van der Waals surface area contributed by atoms with Gasteiger partial charge in [0.25, 0.3) is 0 Å². The molecule has 0 aliphatic carbocycles. The van der Waals surface area contributed by atoms with E-state index < -0.39 is 6.49 Å².